The number of aromatic nitrogens is 3. The molecule has 1 aromatic carbocycles. The molecule has 2 amide bonds. The van der Waals surface area contributed by atoms with Crippen LogP contribution in [0.3, 0.4) is 0 Å². The van der Waals surface area contributed by atoms with Crippen LogP contribution in [0.4, 0.5) is 10.5 Å². The van der Waals surface area contributed by atoms with E-state index in [4.69, 9.17) is 11.6 Å². The van der Waals surface area contributed by atoms with Crippen molar-refractivity contribution >= 4 is 23.3 Å². The number of rotatable bonds is 6. The quantitative estimate of drug-likeness (QED) is 0.770. The zero-order valence-corrected chi connectivity index (χ0v) is 16.0. The van der Waals surface area contributed by atoms with Crippen LogP contribution in [0.5, 0.6) is 0 Å². The van der Waals surface area contributed by atoms with Crippen molar-refractivity contribution in [1.29, 1.82) is 0 Å². The van der Waals surface area contributed by atoms with Crippen molar-refractivity contribution < 1.29 is 4.79 Å². The number of anilines is 1. The van der Waals surface area contributed by atoms with E-state index in [1.165, 1.54) is 6.42 Å². The molecule has 0 unspecified atom stereocenters. The van der Waals surface area contributed by atoms with Crippen LogP contribution in [0.25, 0.3) is 0 Å². The van der Waals surface area contributed by atoms with Gasteiger partial charge in [0, 0.05) is 19.5 Å². The van der Waals surface area contributed by atoms with Crippen molar-refractivity contribution in [3.63, 3.8) is 0 Å². The maximum Gasteiger partial charge on any atom is 0.322 e. The first kappa shape index (κ1) is 18.7. The van der Waals surface area contributed by atoms with Gasteiger partial charge in [0.25, 0.3) is 0 Å². The van der Waals surface area contributed by atoms with Gasteiger partial charge in [-0.1, -0.05) is 43.5 Å². The highest BCUT2D eigenvalue weighted by molar-refractivity contribution is 6.33. The number of nitrogens with zero attached hydrogens (tertiary/aromatic N) is 4. The molecule has 0 bridgehead atoms. The molecule has 2 aromatic rings. The number of hydrogen-bond acceptors (Lipinski definition) is 3. The minimum atomic E-state index is -0.155. The third-order valence-corrected chi connectivity index (χ3v) is 5.00. The summed E-state index contributed by atoms with van der Waals surface area (Å²) >= 11 is 6.37. The molecule has 1 aliphatic rings. The number of nitrogens with one attached hydrogen (secondary N) is 1. The van der Waals surface area contributed by atoms with Gasteiger partial charge in [-0.15, -0.1) is 10.2 Å². The van der Waals surface area contributed by atoms with Gasteiger partial charge in [-0.2, -0.15) is 0 Å². The largest absolute Gasteiger partial charge is 0.338 e. The minimum absolute atomic E-state index is 0.155. The average molecular weight is 376 g/mol. The predicted molar refractivity (Wildman–Crippen MR) is 104 cm³/mol. The van der Waals surface area contributed by atoms with E-state index >= 15 is 0 Å². The molecule has 1 N–H and O–H groups in total. The van der Waals surface area contributed by atoms with Gasteiger partial charge in [-0.25, -0.2) is 4.79 Å². The first-order valence-electron chi connectivity index (χ1n) is 9.41. The molecule has 0 aliphatic carbocycles. The van der Waals surface area contributed by atoms with E-state index in [1.807, 2.05) is 18.2 Å². The lowest BCUT2D eigenvalue weighted by atomic mass is 10.2. The van der Waals surface area contributed by atoms with Gasteiger partial charge >= 0.3 is 6.03 Å². The number of hydrogen-bond donors (Lipinski definition) is 1. The Morgan fingerprint density at radius 1 is 1.27 bits per heavy atom. The van der Waals surface area contributed by atoms with E-state index in [1.54, 1.807) is 11.0 Å². The fourth-order valence-electron chi connectivity index (χ4n) is 3.21. The van der Waals surface area contributed by atoms with Crippen molar-refractivity contribution in [1.82, 2.24) is 20.1 Å². The molecule has 26 heavy (non-hydrogen) atoms. The average Bonchev–Trinajstić information content (AvgIpc) is 2.87. The van der Waals surface area contributed by atoms with E-state index in [-0.39, 0.29) is 6.03 Å². The van der Waals surface area contributed by atoms with Gasteiger partial charge in [0.05, 0.1) is 17.3 Å². The third-order valence-electron chi connectivity index (χ3n) is 4.68. The summed E-state index contributed by atoms with van der Waals surface area (Å²) in [7, 11) is 0. The standard InChI is InChI=1S/C19H26ClN5O/c1-2-3-12-21-19(26)25(16-10-7-6-9-15(16)20)14-18-23-22-17-11-5-4-8-13-24(17)18/h6-7,9-10H,2-5,8,11-14H2,1H3,(H,21,26). The number of para-hydroxylation sites is 1. The van der Waals surface area contributed by atoms with Gasteiger partial charge < -0.3 is 9.88 Å². The molecule has 0 fully saturated rings. The Labute approximate surface area is 159 Å². The highest BCUT2D eigenvalue weighted by atomic mass is 35.5. The Kier molecular flexibility index (Phi) is 6.50. The van der Waals surface area contributed by atoms with E-state index in [2.05, 4.69) is 27.0 Å². The number of benzene rings is 1. The number of aryl methyl sites for hydroxylation is 1. The lowest BCUT2D eigenvalue weighted by molar-refractivity contribution is 0.245. The molecule has 0 saturated carbocycles. The summed E-state index contributed by atoms with van der Waals surface area (Å²) in [5.74, 6) is 1.83. The molecule has 0 radical (unpaired) electrons. The Balaban J connectivity index is 1.85. The molecule has 7 heteroatoms. The van der Waals surface area contributed by atoms with Gasteiger partial charge in [-0.3, -0.25) is 4.90 Å². The van der Waals surface area contributed by atoms with Crippen LogP contribution in [0.15, 0.2) is 24.3 Å². The Bertz CT molecular complexity index is 745. The minimum Gasteiger partial charge on any atom is -0.338 e. The second-order valence-electron chi connectivity index (χ2n) is 6.62. The van der Waals surface area contributed by atoms with E-state index in [0.29, 0.717) is 23.8 Å². The molecular formula is C19H26ClN5O. The highest BCUT2D eigenvalue weighted by Crippen LogP contribution is 2.27. The van der Waals surface area contributed by atoms with Crippen LogP contribution in [0, 0.1) is 0 Å². The molecular weight excluding hydrogens is 350 g/mol. The van der Waals surface area contributed by atoms with Gasteiger partial charge in [0.15, 0.2) is 5.82 Å². The molecule has 0 spiro atoms. The zero-order chi connectivity index (χ0) is 18.4. The normalized spacial score (nSPS) is 13.8. The van der Waals surface area contributed by atoms with Crippen molar-refractivity contribution in [2.24, 2.45) is 0 Å². The summed E-state index contributed by atoms with van der Waals surface area (Å²) in [5, 5.41) is 12.2. The number of fused-ring (bicyclic) bond motifs is 1. The summed E-state index contributed by atoms with van der Waals surface area (Å²) < 4.78 is 2.16. The van der Waals surface area contributed by atoms with E-state index in [9.17, 15) is 4.79 Å². The molecule has 6 nitrogen and oxygen atoms in total. The SMILES string of the molecule is CCCCNC(=O)N(Cc1nnc2n1CCCCC2)c1ccccc1Cl. The van der Waals surface area contributed by atoms with Gasteiger partial charge in [0.1, 0.15) is 5.82 Å². The molecule has 1 aromatic heterocycles. The maximum absolute atomic E-state index is 12.8. The number of urea groups is 1. The predicted octanol–water partition coefficient (Wildman–Crippen LogP) is 4.17. The number of unbranched alkanes of at least 4 members (excludes halogenated alkanes) is 1. The second kappa shape index (κ2) is 9.03. The summed E-state index contributed by atoms with van der Waals surface area (Å²) in [5.41, 5.74) is 0.689. The molecule has 0 saturated heterocycles. The smallest absolute Gasteiger partial charge is 0.322 e. The molecule has 1 aliphatic heterocycles. The van der Waals surface area contributed by atoms with E-state index in [0.717, 1.165) is 50.3 Å². The first-order valence-corrected chi connectivity index (χ1v) is 9.79. The Morgan fingerprint density at radius 2 is 2.12 bits per heavy atom. The second-order valence-corrected chi connectivity index (χ2v) is 7.02. The third kappa shape index (κ3) is 4.36. The highest BCUT2D eigenvalue weighted by Gasteiger charge is 2.23. The molecule has 140 valence electrons. The van der Waals surface area contributed by atoms with E-state index < -0.39 is 0 Å². The zero-order valence-electron chi connectivity index (χ0n) is 15.2. The maximum atomic E-state index is 12.8. The van der Waals surface area contributed by atoms with Crippen molar-refractivity contribution in [3.05, 3.63) is 40.9 Å². The van der Waals surface area contributed by atoms with Crippen molar-refractivity contribution in [2.75, 3.05) is 11.4 Å². The van der Waals surface area contributed by atoms with Crippen molar-refractivity contribution in [3.8, 4) is 0 Å². The number of halogens is 1. The first-order chi connectivity index (χ1) is 12.7. The summed E-state index contributed by atoms with van der Waals surface area (Å²) in [6, 6.07) is 7.26. The Hall–Kier alpha value is -2.08. The lowest BCUT2D eigenvalue weighted by Crippen LogP contribution is -2.40. The van der Waals surface area contributed by atoms with Crippen LogP contribution < -0.4 is 10.2 Å². The summed E-state index contributed by atoms with van der Waals surface area (Å²) in [6.07, 6.45) is 6.39. The topological polar surface area (TPSA) is 63.1 Å². The van der Waals surface area contributed by atoms with Gasteiger partial charge in [0.2, 0.25) is 0 Å². The summed E-state index contributed by atoms with van der Waals surface area (Å²) in [4.78, 5) is 14.5. The lowest BCUT2D eigenvalue weighted by Gasteiger charge is -2.24. The molecule has 2 heterocycles. The fraction of sp³-hybridized carbons (Fsp3) is 0.526. The number of carbonyl (C=O) groups is 1. The molecule has 0 atom stereocenters. The monoisotopic (exact) mass is 375 g/mol. The van der Waals surface area contributed by atoms with Gasteiger partial charge in [-0.05, 0) is 31.4 Å². The van der Waals surface area contributed by atoms with Crippen LogP contribution in [0.2, 0.25) is 5.02 Å². The molecule has 3 rings (SSSR count). The van der Waals surface area contributed by atoms with Crippen LogP contribution in [0.1, 0.15) is 50.7 Å². The van der Waals surface area contributed by atoms with Crippen LogP contribution in [-0.4, -0.2) is 27.3 Å². The fourth-order valence-corrected chi connectivity index (χ4v) is 3.45. The van der Waals surface area contributed by atoms with Crippen LogP contribution >= 0.6 is 11.6 Å². The number of amides is 2. The van der Waals surface area contributed by atoms with Crippen molar-refractivity contribution in [2.45, 2.75) is 58.5 Å². The summed E-state index contributed by atoms with van der Waals surface area (Å²) in [6.45, 7) is 4.01. The van der Waals surface area contributed by atoms with Crippen LogP contribution in [-0.2, 0) is 19.5 Å². The number of carbonyl (C=O) groups excluding carboxylic acids is 1. The Morgan fingerprint density at radius 3 is 2.92 bits per heavy atom.